The van der Waals surface area contributed by atoms with Crippen molar-refractivity contribution in [3.05, 3.63) is 18.1 Å². The standard InChI is InChI=1S/C19H30N4O/c1-15-12-19(21-14-20-15)23(17-2-3-17)18-4-8-22(9-5-18)13-16-6-10-24-11-7-16/h12,14,16-18H,2-11,13H2,1H3. The Kier molecular flexibility index (Phi) is 4.99. The van der Waals surface area contributed by atoms with E-state index in [2.05, 4.69) is 32.8 Å². The molecule has 24 heavy (non-hydrogen) atoms. The number of anilines is 1. The minimum absolute atomic E-state index is 0.651. The summed E-state index contributed by atoms with van der Waals surface area (Å²) in [5, 5.41) is 0. The summed E-state index contributed by atoms with van der Waals surface area (Å²) in [6, 6.07) is 3.52. The summed E-state index contributed by atoms with van der Waals surface area (Å²) in [7, 11) is 0. The van der Waals surface area contributed by atoms with E-state index in [1.165, 1.54) is 58.2 Å². The first-order valence-corrected chi connectivity index (χ1v) is 9.66. The second kappa shape index (κ2) is 7.36. The Balaban J connectivity index is 1.35. The Bertz CT molecular complexity index is 534. The van der Waals surface area contributed by atoms with E-state index in [0.717, 1.165) is 30.6 Å². The first-order chi connectivity index (χ1) is 11.8. The third kappa shape index (κ3) is 3.89. The molecule has 132 valence electrons. The van der Waals surface area contributed by atoms with E-state index in [1.807, 2.05) is 0 Å². The summed E-state index contributed by atoms with van der Waals surface area (Å²) in [5.74, 6) is 1.99. The molecule has 0 N–H and O–H groups in total. The predicted molar refractivity (Wildman–Crippen MR) is 95.3 cm³/mol. The largest absolute Gasteiger partial charge is 0.381 e. The number of piperidine rings is 1. The SMILES string of the molecule is Cc1cc(N(C2CC2)C2CCN(CC3CCOCC3)CC2)ncn1. The Morgan fingerprint density at radius 2 is 1.75 bits per heavy atom. The minimum atomic E-state index is 0.651. The zero-order chi connectivity index (χ0) is 16.4. The summed E-state index contributed by atoms with van der Waals surface area (Å²) >= 11 is 0. The van der Waals surface area contributed by atoms with Crippen LogP contribution in [0.15, 0.2) is 12.4 Å². The van der Waals surface area contributed by atoms with Crippen molar-refractivity contribution in [2.24, 2.45) is 5.92 Å². The second-order valence-electron chi connectivity index (χ2n) is 7.74. The van der Waals surface area contributed by atoms with Crippen molar-refractivity contribution >= 4 is 5.82 Å². The van der Waals surface area contributed by atoms with Crippen LogP contribution in [0.4, 0.5) is 5.82 Å². The van der Waals surface area contributed by atoms with Gasteiger partial charge in [0.1, 0.15) is 12.1 Å². The molecule has 1 aliphatic carbocycles. The molecule has 3 heterocycles. The van der Waals surface area contributed by atoms with Crippen LogP contribution in [0.5, 0.6) is 0 Å². The van der Waals surface area contributed by atoms with Crippen LogP contribution in [-0.4, -0.2) is 59.8 Å². The van der Waals surface area contributed by atoms with Crippen LogP contribution in [0.3, 0.4) is 0 Å². The number of likely N-dealkylation sites (tertiary alicyclic amines) is 1. The number of ether oxygens (including phenoxy) is 1. The van der Waals surface area contributed by atoms with Gasteiger partial charge in [0.05, 0.1) is 0 Å². The summed E-state index contributed by atoms with van der Waals surface area (Å²) in [5.41, 5.74) is 1.07. The normalized spacial score (nSPS) is 24.2. The highest BCUT2D eigenvalue weighted by Gasteiger charge is 2.36. The summed E-state index contributed by atoms with van der Waals surface area (Å²) in [4.78, 5) is 14.1. The average Bonchev–Trinajstić information content (AvgIpc) is 3.43. The molecule has 2 saturated heterocycles. The molecule has 0 atom stereocenters. The molecule has 0 amide bonds. The Morgan fingerprint density at radius 1 is 1.04 bits per heavy atom. The molecule has 4 rings (SSSR count). The summed E-state index contributed by atoms with van der Waals surface area (Å²) in [6.07, 6.45) is 9.39. The van der Waals surface area contributed by atoms with Crippen LogP contribution in [0, 0.1) is 12.8 Å². The molecule has 0 aromatic carbocycles. The lowest BCUT2D eigenvalue weighted by Gasteiger charge is -2.40. The van der Waals surface area contributed by atoms with Gasteiger partial charge < -0.3 is 14.5 Å². The monoisotopic (exact) mass is 330 g/mol. The van der Waals surface area contributed by atoms with E-state index in [0.29, 0.717) is 12.1 Å². The Hall–Kier alpha value is -1.20. The first kappa shape index (κ1) is 16.3. The van der Waals surface area contributed by atoms with Crippen LogP contribution in [0.2, 0.25) is 0 Å². The fourth-order valence-corrected chi connectivity index (χ4v) is 4.28. The molecule has 1 aromatic heterocycles. The molecule has 0 spiro atoms. The Morgan fingerprint density at radius 3 is 2.42 bits per heavy atom. The van der Waals surface area contributed by atoms with Crippen molar-refractivity contribution in [2.45, 2.75) is 57.5 Å². The molecule has 0 bridgehead atoms. The molecule has 3 aliphatic rings. The van der Waals surface area contributed by atoms with Gasteiger partial charge in [-0.2, -0.15) is 0 Å². The van der Waals surface area contributed by atoms with Gasteiger partial charge in [-0.3, -0.25) is 0 Å². The maximum absolute atomic E-state index is 5.49. The van der Waals surface area contributed by atoms with E-state index in [4.69, 9.17) is 4.74 Å². The number of aryl methyl sites for hydroxylation is 1. The van der Waals surface area contributed by atoms with Gasteiger partial charge in [0, 0.05) is 56.7 Å². The molecule has 5 heteroatoms. The average molecular weight is 330 g/mol. The van der Waals surface area contributed by atoms with Gasteiger partial charge in [-0.1, -0.05) is 0 Å². The smallest absolute Gasteiger partial charge is 0.132 e. The quantitative estimate of drug-likeness (QED) is 0.830. The molecule has 1 saturated carbocycles. The maximum atomic E-state index is 5.49. The van der Waals surface area contributed by atoms with Crippen LogP contribution >= 0.6 is 0 Å². The van der Waals surface area contributed by atoms with Gasteiger partial charge in [0.15, 0.2) is 0 Å². The number of rotatable bonds is 5. The van der Waals surface area contributed by atoms with Crippen molar-refractivity contribution < 1.29 is 4.74 Å². The highest BCUT2D eigenvalue weighted by molar-refractivity contribution is 5.43. The van der Waals surface area contributed by atoms with Crippen molar-refractivity contribution in [1.82, 2.24) is 14.9 Å². The maximum Gasteiger partial charge on any atom is 0.132 e. The molecule has 5 nitrogen and oxygen atoms in total. The van der Waals surface area contributed by atoms with Gasteiger partial charge in [0.2, 0.25) is 0 Å². The summed E-state index contributed by atoms with van der Waals surface area (Å²) < 4.78 is 5.49. The third-order valence-electron chi connectivity index (χ3n) is 5.80. The zero-order valence-electron chi connectivity index (χ0n) is 14.9. The lowest BCUT2D eigenvalue weighted by molar-refractivity contribution is 0.0487. The van der Waals surface area contributed by atoms with E-state index in [-0.39, 0.29) is 0 Å². The molecule has 2 aliphatic heterocycles. The second-order valence-corrected chi connectivity index (χ2v) is 7.74. The van der Waals surface area contributed by atoms with E-state index in [1.54, 1.807) is 6.33 Å². The van der Waals surface area contributed by atoms with Gasteiger partial charge in [-0.25, -0.2) is 9.97 Å². The molecule has 0 radical (unpaired) electrons. The molecular weight excluding hydrogens is 300 g/mol. The van der Waals surface area contributed by atoms with Crippen molar-refractivity contribution in [3.8, 4) is 0 Å². The topological polar surface area (TPSA) is 41.5 Å². The number of nitrogens with zero attached hydrogens (tertiary/aromatic N) is 4. The van der Waals surface area contributed by atoms with Crippen LogP contribution in [0.1, 0.15) is 44.2 Å². The van der Waals surface area contributed by atoms with Crippen molar-refractivity contribution in [3.63, 3.8) is 0 Å². The lowest BCUT2D eigenvalue weighted by atomic mass is 9.97. The molecule has 3 fully saturated rings. The van der Waals surface area contributed by atoms with E-state index in [9.17, 15) is 0 Å². The fourth-order valence-electron chi connectivity index (χ4n) is 4.28. The van der Waals surface area contributed by atoms with Crippen molar-refractivity contribution in [1.29, 1.82) is 0 Å². The minimum Gasteiger partial charge on any atom is -0.381 e. The number of hydrogen-bond donors (Lipinski definition) is 0. The van der Waals surface area contributed by atoms with E-state index < -0.39 is 0 Å². The predicted octanol–water partition coefficient (Wildman–Crippen LogP) is 2.64. The summed E-state index contributed by atoms with van der Waals surface area (Å²) in [6.45, 7) is 7.72. The van der Waals surface area contributed by atoms with Gasteiger partial charge in [-0.05, 0) is 51.4 Å². The third-order valence-corrected chi connectivity index (χ3v) is 5.80. The van der Waals surface area contributed by atoms with Gasteiger partial charge in [0.25, 0.3) is 0 Å². The zero-order valence-corrected chi connectivity index (χ0v) is 14.9. The Labute approximate surface area is 145 Å². The number of hydrogen-bond acceptors (Lipinski definition) is 5. The molecular formula is C19H30N4O. The molecule has 0 unspecified atom stereocenters. The van der Waals surface area contributed by atoms with Crippen LogP contribution < -0.4 is 4.90 Å². The van der Waals surface area contributed by atoms with Gasteiger partial charge in [-0.15, -0.1) is 0 Å². The highest BCUT2D eigenvalue weighted by Crippen LogP contribution is 2.35. The van der Waals surface area contributed by atoms with Crippen LogP contribution in [-0.2, 0) is 4.74 Å². The number of aromatic nitrogens is 2. The van der Waals surface area contributed by atoms with Crippen LogP contribution in [0.25, 0.3) is 0 Å². The molecule has 1 aromatic rings. The lowest BCUT2D eigenvalue weighted by Crippen LogP contribution is -2.47. The van der Waals surface area contributed by atoms with Crippen molar-refractivity contribution in [2.75, 3.05) is 37.7 Å². The highest BCUT2D eigenvalue weighted by atomic mass is 16.5. The first-order valence-electron chi connectivity index (χ1n) is 9.66. The van der Waals surface area contributed by atoms with E-state index >= 15 is 0 Å². The van der Waals surface area contributed by atoms with Gasteiger partial charge >= 0.3 is 0 Å². The fraction of sp³-hybridized carbons (Fsp3) is 0.789.